The highest BCUT2D eigenvalue weighted by Crippen LogP contribution is 2.35. The van der Waals surface area contributed by atoms with Gasteiger partial charge in [0.25, 0.3) is 0 Å². The predicted octanol–water partition coefficient (Wildman–Crippen LogP) is 4.49. The fourth-order valence-electron chi connectivity index (χ4n) is 2.56. The van der Waals surface area contributed by atoms with Gasteiger partial charge >= 0.3 is 12.1 Å². The van der Waals surface area contributed by atoms with Gasteiger partial charge in [-0.25, -0.2) is 14.5 Å². The Morgan fingerprint density at radius 3 is 2.71 bits per heavy atom. The lowest BCUT2D eigenvalue weighted by atomic mass is 10.1. The quantitative estimate of drug-likeness (QED) is 0.640. The van der Waals surface area contributed by atoms with Crippen molar-refractivity contribution in [2.45, 2.75) is 13.1 Å². The molecule has 3 rings (SSSR count). The smallest absolute Gasteiger partial charge is 0.434 e. The molecule has 2 aromatic heterocycles. The molecule has 0 bridgehead atoms. The van der Waals surface area contributed by atoms with Gasteiger partial charge in [0, 0.05) is 10.6 Å². The maximum Gasteiger partial charge on any atom is 0.434 e. The highest BCUT2D eigenvalue weighted by molar-refractivity contribution is 6.30. The van der Waals surface area contributed by atoms with Crippen molar-refractivity contribution < 1.29 is 27.8 Å². The highest BCUT2D eigenvalue weighted by atomic mass is 35.5. The minimum atomic E-state index is -4.88. The Morgan fingerprint density at radius 1 is 1.29 bits per heavy atom. The van der Waals surface area contributed by atoms with Crippen molar-refractivity contribution in [2.75, 3.05) is 6.61 Å². The van der Waals surface area contributed by atoms with Crippen molar-refractivity contribution >= 4 is 17.6 Å². The second-order valence-electron chi connectivity index (χ2n) is 5.58. The van der Waals surface area contributed by atoms with Crippen LogP contribution in [-0.4, -0.2) is 32.4 Å². The van der Waals surface area contributed by atoms with Gasteiger partial charge in [0.05, 0.1) is 18.5 Å². The molecular weight excluding hydrogens is 399 g/mol. The maximum absolute atomic E-state index is 13.6. The summed E-state index contributed by atoms with van der Waals surface area (Å²) in [6.07, 6.45) is -4.10. The van der Waals surface area contributed by atoms with Crippen molar-refractivity contribution in [2.24, 2.45) is 0 Å². The van der Waals surface area contributed by atoms with Crippen molar-refractivity contribution in [3.05, 3.63) is 58.9 Å². The van der Waals surface area contributed by atoms with E-state index in [4.69, 9.17) is 11.6 Å². The molecule has 10 heteroatoms. The van der Waals surface area contributed by atoms with Crippen LogP contribution in [0.25, 0.3) is 17.1 Å². The third kappa shape index (κ3) is 3.79. The van der Waals surface area contributed by atoms with E-state index in [1.165, 1.54) is 43.3 Å². The van der Waals surface area contributed by atoms with E-state index >= 15 is 0 Å². The highest BCUT2D eigenvalue weighted by Gasteiger charge is 2.41. The fraction of sp³-hybridized carbons (Fsp3) is 0.167. The zero-order valence-electron chi connectivity index (χ0n) is 14.4. The third-order valence-electron chi connectivity index (χ3n) is 3.72. The van der Waals surface area contributed by atoms with Crippen LogP contribution in [0.3, 0.4) is 0 Å². The molecule has 2 heterocycles. The summed E-state index contributed by atoms with van der Waals surface area (Å²) < 4.78 is 46.0. The van der Waals surface area contributed by atoms with Gasteiger partial charge in [-0.2, -0.15) is 18.3 Å². The Hall–Kier alpha value is -3.07. The molecule has 0 amide bonds. The first-order valence-electron chi connectivity index (χ1n) is 8.01. The first-order valence-corrected chi connectivity index (χ1v) is 8.38. The fourth-order valence-corrected chi connectivity index (χ4v) is 2.73. The van der Waals surface area contributed by atoms with E-state index in [0.29, 0.717) is 9.70 Å². The van der Waals surface area contributed by atoms with E-state index in [-0.39, 0.29) is 29.4 Å². The Bertz CT molecular complexity index is 1030. The van der Waals surface area contributed by atoms with Crippen LogP contribution in [0.2, 0.25) is 5.02 Å². The van der Waals surface area contributed by atoms with Crippen LogP contribution in [0.15, 0.2) is 42.6 Å². The summed E-state index contributed by atoms with van der Waals surface area (Å²) in [5.74, 6) is -1.47. The molecule has 0 spiro atoms. The van der Waals surface area contributed by atoms with Gasteiger partial charge in [0.15, 0.2) is 11.5 Å². The number of nitrogens with zero attached hydrogens (tertiary/aromatic N) is 3. The van der Waals surface area contributed by atoms with E-state index in [1.54, 1.807) is 0 Å². The van der Waals surface area contributed by atoms with E-state index < -0.39 is 23.4 Å². The van der Waals surface area contributed by atoms with Crippen molar-refractivity contribution in [1.82, 2.24) is 14.8 Å². The molecule has 0 fully saturated rings. The molecule has 0 saturated heterocycles. The number of carbonyl (C=O) groups excluding carboxylic acids is 1. The summed E-state index contributed by atoms with van der Waals surface area (Å²) in [7, 11) is 0. The number of phenolic OH excluding ortho intramolecular Hbond substituents is 1. The Morgan fingerprint density at radius 2 is 2.04 bits per heavy atom. The second-order valence-corrected chi connectivity index (χ2v) is 6.02. The predicted molar refractivity (Wildman–Crippen MR) is 94.4 cm³/mol. The molecule has 0 atom stereocenters. The molecule has 0 aliphatic rings. The lowest BCUT2D eigenvalue weighted by Crippen LogP contribution is -2.19. The summed E-state index contributed by atoms with van der Waals surface area (Å²) in [4.78, 5) is 16.0. The van der Waals surface area contributed by atoms with Crippen molar-refractivity contribution in [1.29, 1.82) is 0 Å². The second kappa shape index (κ2) is 7.51. The average molecular weight is 412 g/mol. The molecule has 146 valence electrons. The molecule has 0 radical (unpaired) electrons. The number of phenols is 1. The molecule has 28 heavy (non-hydrogen) atoms. The van der Waals surface area contributed by atoms with E-state index in [9.17, 15) is 23.1 Å². The van der Waals surface area contributed by atoms with Crippen LogP contribution < -0.4 is 0 Å². The first kappa shape index (κ1) is 19.7. The Labute approximate surface area is 162 Å². The summed E-state index contributed by atoms with van der Waals surface area (Å²) in [6.45, 7) is 1.40. The standard InChI is InChI=1S/C18H13ClF3N3O3/c1-2-28-17(27)12-9-23-25(16(12)18(20,21)22)15-5-3-4-13(24-15)11-8-10(19)6-7-14(11)26/h3-9,26H,2H2,1H3. The van der Waals surface area contributed by atoms with Gasteiger partial charge < -0.3 is 9.84 Å². The molecule has 1 aromatic carbocycles. The Kier molecular flexibility index (Phi) is 5.28. The van der Waals surface area contributed by atoms with Crippen molar-refractivity contribution in [3.63, 3.8) is 0 Å². The molecule has 0 unspecified atom stereocenters. The number of alkyl halides is 3. The number of esters is 1. The lowest BCUT2D eigenvalue weighted by molar-refractivity contribution is -0.143. The molecule has 0 aliphatic carbocycles. The zero-order chi connectivity index (χ0) is 20.5. The summed E-state index contributed by atoms with van der Waals surface area (Å²) in [5.41, 5.74) is -1.60. The lowest BCUT2D eigenvalue weighted by Gasteiger charge is -2.13. The summed E-state index contributed by atoms with van der Waals surface area (Å²) in [5, 5.41) is 14.0. The SMILES string of the molecule is CCOC(=O)c1cnn(-c2cccc(-c3cc(Cl)ccc3O)n2)c1C(F)(F)F. The van der Waals surface area contributed by atoms with Gasteiger partial charge in [-0.15, -0.1) is 0 Å². The van der Waals surface area contributed by atoms with Gasteiger partial charge in [0.1, 0.15) is 11.3 Å². The third-order valence-corrected chi connectivity index (χ3v) is 3.95. The van der Waals surface area contributed by atoms with Gasteiger partial charge in [-0.3, -0.25) is 0 Å². The van der Waals surface area contributed by atoms with Gasteiger partial charge in [-0.1, -0.05) is 17.7 Å². The van der Waals surface area contributed by atoms with E-state index in [1.807, 2.05) is 0 Å². The molecule has 0 saturated carbocycles. The number of benzene rings is 1. The average Bonchev–Trinajstić information content (AvgIpc) is 3.10. The monoisotopic (exact) mass is 411 g/mol. The number of pyridine rings is 1. The van der Waals surface area contributed by atoms with Crippen LogP contribution in [0.5, 0.6) is 5.75 Å². The molecule has 6 nitrogen and oxygen atoms in total. The molecule has 0 aliphatic heterocycles. The summed E-state index contributed by atoms with van der Waals surface area (Å²) in [6, 6.07) is 8.48. The normalized spacial score (nSPS) is 11.5. The summed E-state index contributed by atoms with van der Waals surface area (Å²) >= 11 is 5.92. The number of hydrogen-bond donors (Lipinski definition) is 1. The van der Waals surface area contributed by atoms with Crippen LogP contribution in [-0.2, 0) is 10.9 Å². The van der Waals surface area contributed by atoms with Gasteiger partial charge in [-0.05, 0) is 37.3 Å². The number of ether oxygens (including phenoxy) is 1. The Balaban J connectivity index is 2.15. The van der Waals surface area contributed by atoms with Crippen LogP contribution in [0, 0.1) is 0 Å². The number of hydrogen-bond acceptors (Lipinski definition) is 5. The van der Waals surface area contributed by atoms with Gasteiger partial charge in [0.2, 0.25) is 0 Å². The maximum atomic E-state index is 13.6. The molecule has 1 N–H and O–H groups in total. The number of rotatable bonds is 4. The van der Waals surface area contributed by atoms with E-state index in [2.05, 4.69) is 14.8 Å². The molecular formula is C18H13ClF3N3O3. The van der Waals surface area contributed by atoms with Crippen LogP contribution in [0.1, 0.15) is 23.0 Å². The van der Waals surface area contributed by atoms with Crippen LogP contribution >= 0.6 is 11.6 Å². The van der Waals surface area contributed by atoms with Crippen LogP contribution in [0.4, 0.5) is 13.2 Å². The number of halogens is 4. The molecule has 3 aromatic rings. The zero-order valence-corrected chi connectivity index (χ0v) is 15.1. The van der Waals surface area contributed by atoms with E-state index in [0.717, 1.165) is 6.20 Å². The largest absolute Gasteiger partial charge is 0.507 e. The number of aromatic nitrogens is 3. The first-order chi connectivity index (χ1) is 13.2. The minimum Gasteiger partial charge on any atom is -0.507 e. The number of aromatic hydroxyl groups is 1. The topological polar surface area (TPSA) is 77.2 Å². The number of carbonyl (C=O) groups is 1. The van der Waals surface area contributed by atoms with Crippen molar-refractivity contribution in [3.8, 4) is 22.8 Å². The minimum absolute atomic E-state index is 0.0803.